The van der Waals surface area contributed by atoms with E-state index < -0.39 is 18.6 Å². The van der Waals surface area contributed by atoms with Crippen LogP contribution in [0.15, 0.2) is 36.5 Å². The van der Waals surface area contributed by atoms with Crippen molar-refractivity contribution >= 4 is 39.3 Å². The van der Waals surface area contributed by atoms with E-state index in [-0.39, 0.29) is 5.82 Å². The Morgan fingerprint density at radius 1 is 1.25 bits per heavy atom. The van der Waals surface area contributed by atoms with E-state index in [4.69, 9.17) is 15.2 Å². The molecule has 40 heavy (non-hydrogen) atoms. The fourth-order valence-corrected chi connectivity index (χ4v) is 5.89. The van der Waals surface area contributed by atoms with Gasteiger partial charge in [-0.3, -0.25) is 4.79 Å². The fourth-order valence-electron chi connectivity index (χ4n) is 5.04. The molecule has 1 aliphatic rings. The standard InChI is InChI=1S/C28H30FN7O3S/c1-4-20-26(33(3)28-31-25(24(14-30)40-28)18-5-7-19(29)8-6-18)22-13-21(17(2)15-36(22)32-20)34-9-11-35(12-10-34)27(39)23(38)16-37/h5-8,13,15,23,37-38H,4,9-12,16H2,1-3H3. The predicted octanol–water partition coefficient (Wildman–Crippen LogP) is 3.11. The van der Waals surface area contributed by atoms with Gasteiger partial charge < -0.3 is 24.9 Å². The number of aliphatic hydroxyl groups is 2. The summed E-state index contributed by atoms with van der Waals surface area (Å²) < 4.78 is 15.4. The lowest BCUT2D eigenvalue weighted by Gasteiger charge is -2.37. The summed E-state index contributed by atoms with van der Waals surface area (Å²) in [5.41, 5.74) is 5.87. The van der Waals surface area contributed by atoms with Gasteiger partial charge in [-0.05, 0) is 49.2 Å². The summed E-state index contributed by atoms with van der Waals surface area (Å²) in [4.78, 5) is 23.2. The Labute approximate surface area is 235 Å². The molecule has 0 radical (unpaired) electrons. The van der Waals surface area contributed by atoms with Crippen molar-refractivity contribution in [1.29, 1.82) is 5.26 Å². The number of carbonyl (C=O) groups is 1. The highest BCUT2D eigenvalue weighted by atomic mass is 32.1. The van der Waals surface area contributed by atoms with Crippen LogP contribution in [0.3, 0.4) is 0 Å². The number of hydrogen-bond acceptors (Lipinski definition) is 9. The van der Waals surface area contributed by atoms with Gasteiger partial charge in [0, 0.05) is 50.7 Å². The fraction of sp³-hybridized carbons (Fsp3) is 0.357. The van der Waals surface area contributed by atoms with Gasteiger partial charge in [-0.25, -0.2) is 13.9 Å². The van der Waals surface area contributed by atoms with E-state index in [1.807, 2.05) is 36.5 Å². The van der Waals surface area contributed by atoms with Crippen LogP contribution in [0.1, 0.15) is 23.1 Å². The lowest BCUT2D eigenvalue weighted by Crippen LogP contribution is -2.52. The number of aliphatic hydroxyl groups excluding tert-OH is 2. The van der Waals surface area contributed by atoms with E-state index in [1.165, 1.54) is 23.5 Å². The highest BCUT2D eigenvalue weighted by molar-refractivity contribution is 7.16. The molecule has 1 saturated heterocycles. The topological polar surface area (TPSA) is 121 Å². The van der Waals surface area contributed by atoms with Gasteiger partial charge in [0.15, 0.2) is 11.2 Å². The number of nitrogens with zero attached hydrogens (tertiary/aromatic N) is 7. The first-order valence-electron chi connectivity index (χ1n) is 13.0. The first-order valence-corrected chi connectivity index (χ1v) is 13.8. The average molecular weight is 564 g/mol. The largest absolute Gasteiger partial charge is 0.393 e. The van der Waals surface area contributed by atoms with E-state index in [0.29, 0.717) is 53.9 Å². The third-order valence-corrected chi connectivity index (χ3v) is 8.20. The molecular formula is C28H30FN7O3S. The number of carbonyl (C=O) groups excluding carboxylic acids is 1. The summed E-state index contributed by atoms with van der Waals surface area (Å²) in [6, 6.07) is 10.3. The summed E-state index contributed by atoms with van der Waals surface area (Å²) in [6.07, 6.45) is 1.28. The molecule has 2 N–H and O–H groups in total. The molecule has 1 aromatic carbocycles. The SMILES string of the molecule is CCc1nn2cc(C)c(N3CCN(C(=O)C(O)CO)CC3)cc2c1N(C)c1nc(-c2ccc(F)cc2)c(C#N)s1. The maximum atomic E-state index is 13.5. The van der Waals surface area contributed by atoms with E-state index >= 15 is 0 Å². The smallest absolute Gasteiger partial charge is 0.253 e. The number of aromatic nitrogens is 3. The van der Waals surface area contributed by atoms with Crippen molar-refractivity contribution in [3.63, 3.8) is 0 Å². The number of hydrogen-bond donors (Lipinski definition) is 2. The number of halogens is 1. The van der Waals surface area contributed by atoms with Crippen LogP contribution >= 0.6 is 11.3 Å². The molecule has 10 nitrogen and oxygen atoms in total. The number of amides is 1. The molecule has 3 aromatic heterocycles. The van der Waals surface area contributed by atoms with Crippen molar-refractivity contribution in [2.75, 3.05) is 49.6 Å². The van der Waals surface area contributed by atoms with Gasteiger partial charge in [0.05, 0.1) is 23.5 Å². The molecule has 0 saturated carbocycles. The van der Waals surface area contributed by atoms with Crippen LogP contribution in [0, 0.1) is 24.1 Å². The van der Waals surface area contributed by atoms with Crippen LogP contribution in [0.4, 0.5) is 20.9 Å². The zero-order valence-electron chi connectivity index (χ0n) is 22.5. The number of rotatable bonds is 7. The van der Waals surface area contributed by atoms with Crippen LogP contribution in [0.2, 0.25) is 0 Å². The number of nitriles is 1. The van der Waals surface area contributed by atoms with E-state index in [2.05, 4.69) is 17.0 Å². The Bertz CT molecular complexity index is 1590. The first-order chi connectivity index (χ1) is 19.2. The van der Waals surface area contributed by atoms with E-state index in [1.54, 1.807) is 17.0 Å². The number of aryl methyl sites for hydroxylation is 2. The highest BCUT2D eigenvalue weighted by Crippen LogP contribution is 2.39. The Morgan fingerprint density at radius 2 is 1.95 bits per heavy atom. The number of piperazine rings is 1. The number of anilines is 3. The zero-order chi connectivity index (χ0) is 28.6. The normalized spacial score (nSPS) is 14.4. The number of benzene rings is 1. The van der Waals surface area contributed by atoms with Crippen molar-refractivity contribution in [3.05, 3.63) is 58.5 Å². The molecule has 12 heteroatoms. The van der Waals surface area contributed by atoms with Crippen LogP contribution in [-0.4, -0.2) is 81.6 Å². The number of pyridine rings is 1. The lowest BCUT2D eigenvalue weighted by molar-refractivity contribution is -0.142. The highest BCUT2D eigenvalue weighted by Gasteiger charge is 2.28. The Kier molecular flexibility index (Phi) is 7.71. The maximum absolute atomic E-state index is 13.5. The molecule has 0 aliphatic carbocycles. The molecule has 1 amide bonds. The third kappa shape index (κ3) is 4.99. The Hall–Kier alpha value is -4.05. The Balaban J connectivity index is 1.49. The molecule has 1 fully saturated rings. The molecule has 0 bridgehead atoms. The lowest BCUT2D eigenvalue weighted by atomic mass is 10.1. The second kappa shape index (κ2) is 11.2. The number of fused-ring (bicyclic) bond motifs is 1. The van der Waals surface area contributed by atoms with Crippen molar-refractivity contribution in [2.45, 2.75) is 26.4 Å². The minimum Gasteiger partial charge on any atom is -0.393 e. The second-order valence-electron chi connectivity index (χ2n) is 9.68. The molecule has 1 atom stereocenters. The molecule has 5 rings (SSSR count). The zero-order valence-corrected chi connectivity index (χ0v) is 23.3. The predicted molar refractivity (Wildman–Crippen MR) is 151 cm³/mol. The quantitative estimate of drug-likeness (QED) is 0.352. The van der Waals surface area contributed by atoms with Crippen LogP contribution in [-0.2, 0) is 11.2 Å². The van der Waals surface area contributed by atoms with Crippen LogP contribution < -0.4 is 9.80 Å². The third-order valence-electron chi connectivity index (χ3n) is 7.17. The minimum atomic E-state index is -1.39. The number of thiazole rings is 1. The molecular weight excluding hydrogens is 533 g/mol. The monoisotopic (exact) mass is 563 g/mol. The van der Waals surface area contributed by atoms with Crippen molar-refractivity contribution in [1.82, 2.24) is 19.5 Å². The summed E-state index contributed by atoms with van der Waals surface area (Å²) in [5, 5.41) is 34.1. The van der Waals surface area contributed by atoms with Gasteiger partial charge in [-0.1, -0.05) is 18.3 Å². The van der Waals surface area contributed by atoms with Gasteiger partial charge in [-0.2, -0.15) is 10.4 Å². The van der Waals surface area contributed by atoms with Gasteiger partial charge >= 0.3 is 0 Å². The molecule has 0 spiro atoms. The molecule has 4 aromatic rings. The van der Waals surface area contributed by atoms with Crippen molar-refractivity contribution < 1.29 is 19.4 Å². The van der Waals surface area contributed by atoms with E-state index in [0.717, 1.165) is 28.1 Å². The molecule has 1 aliphatic heterocycles. The summed E-state index contributed by atoms with van der Waals surface area (Å²) >= 11 is 1.27. The van der Waals surface area contributed by atoms with Gasteiger partial charge in [-0.15, -0.1) is 0 Å². The van der Waals surface area contributed by atoms with Gasteiger partial charge in [0.1, 0.15) is 22.5 Å². The average Bonchev–Trinajstić information content (AvgIpc) is 3.57. The van der Waals surface area contributed by atoms with Crippen molar-refractivity contribution in [2.24, 2.45) is 0 Å². The summed E-state index contributed by atoms with van der Waals surface area (Å²) in [5.74, 6) is -0.808. The molecule has 208 valence electrons. The van der Waals surface area contributed by atoms with Crippen molar-refractivity contribution in [3.8, 4) is 17.3 Å². The van der Waals surface area contributed by atoms with Gasteiger partial charge in [0.2, 0.25) is 0 Å². The van der Waals surface area contributed by atoms with E-state index in [9.17, 15) is 19.6 Å². The summed E-state index contributed by atoms with van der Waals surface area (Å²) in [7, 11) is 1.90. The Morgan fingerprint density at radius 3 is 2.58 bits per heavy atom. The maximum Gasteiger partial charge on any atom is 0.253 e. The minimum absolute atomic E-state index is 0.351. The first kappa shape index (κ1) is 27.5. The second-order valence-corrected chi connectivity index (χ2v) is 10.7. The van der Waals surface area contributed by atoms with Crippen LogP contribution in [0.25, 0.3) is 16.8 Å². The summed E-state index contributed by atoms with van der Waals surface area (Å²) in [6.45, 7) is 5.51. The molecule has 1 unspecified atom stereocenters. The molecule has 4 heterocycles. The van der Waals surface area contributed by atoms with Gasteiger partial charge in [0.25, 0.3) is 5.91 Å². The van der Waals surface area contributed by atoms with Crippen LogP contribution in [0.5, 0.6) is 0 Å².